The quantitative estimate of drug-likeness (QED) is 0.608. The fraction of sp³-hybridized carbons (Fsp3) is 0.250. The highest BCUT2D eigenvalue weighted by Crippen LogP contribution is 2.30. The fourth-order valence-corrected chi connectivity index (χ4v) is 3.34. The Morgan fingerprint density at radius 2 is 1.89 bits per heavy atom. The number of aryl methyl sites for hydroxylation is 3. The monoisotopic (exact) mass is 396 g/mol. The number of hydrogen-bond acceptors (Lipinski definition) is 7. The summed E-state index contributed by atoms with van der Waals surface area (Å²) in [5.74, 6) is -0.712. The van der Waals surface area contributed by atoms with Crippen LogP contribution in [0, 0.1) is 20.8 Å². The third-order valence-corrected chi connectivity index (χ3v) is 5.01. The molecule has 0 radical (unpaired) electrons. The van der Waals surface area contributed by atoms with E-state index < -0.39 is 5.97 Å². The van der Waals surface area contributed by atoms with Gasteiger partial charge in [-0.2, -0.15) is 0 Å². The third kappa shape index (κ3) is 4.40. The molecule has 2 aromatic heterocycles. The minimum atomic E-state index is -0.570. The Bertz CT molecular complexity index is 1010. The van der Waals surface area contributed by atoms with Crippen LogP contribution < -0.4 is 4.90 Å². The van der Waals surface area contributed by atoms with Gasteiger partial charge in [-0.05, 0) is 44.0 Å². The molecular formula is C20H20N4O3S. The average molecular weight is 396 g/mol. The number of ether oxygens (including phenoxy) is 1. The van der Waals surface area contributed by atoms with E-state index in [0.717, 1.165) is 22.5 Å². The molecule has 0 aliphatic heterocycles. The number of rotatable bonds is 5. The summed E-state index contributed by atoms with van der Waals surface area (Å²) in [4.78, 5) is 38.3. The Kier molecular flexibility index (Phi) is 5.79. The zero-order valence-corrected chi connectivity index (χ0v) is 16.9. The van der Waals surface area contributed by atoms with E-state index in [2.05, 4.69) is 15.0 Å². The van der Waals surface area contributed by atoms with Gasteiger partial charge in [-0.25, -0.2) is 14.8 Å². The van der Waals surface area contributed by atoms with Crippen molar-refractivity contribution in [2.75, 3.05) is 4.90 Å². The third-order valence-electron chi connectivity index (χ3n) is 4.14. The lowest BCUT2D eigenvalue weighted by Crippen LogP contribution is -2.22. The average Bonchev–Trinajstić information content (AvgIpc) is 3.11. The van der Waals surface area contributed by atoms with Crippen molar-refractivity contribution in [2.45, 2.75) is 34.3 Å². The molecule has 0 aliphatic carbocycles. The number of benzene rings is 1. The second kappa shape index (κ2) is 8.26. The van der Waals surface area contributed by atoms with Crippen LogP contribution in [0.3, 0.4) is 0 Å². The molecule has 3 rings (SSSR count). The van der Waals surface area contributed by atoms with Crippen LogP contribution in [-0.4, -0.2) is 26.8 Å². The lowest BCUT2D eigenvalue weighted by atomic mass is 10.1. The van der Waals surface area contributed by atoms with Crippen LogP contribution in [0.1, 0.15) is 39.9 Å². The summed E-state index contributed by atoms with van der Waals surface area (Å²) in [5.41, 5.74) is 4.41. The van der Waals surface area contributed by atoms with E-state index >= 15 is 0 Å². The zero-order valence-electron chi connectivity index (χ0n) is 16.1. The first-order chi connectivity index (χ1) is 13.3. The van der Waals surface area contributed by atoms with Crippen molar-refractivity contribution < 1.29 is 14.3 Å². The number of aromatic nitrogens is 3. The number of amides is 1. The zero-order chi connectivity index (χ0) is 20.3. The van der Waals surface area contributed by atoms with E-state index in [1.165, 1.54) is 30.7 Å². The SMILES string of the molecule is CC(=O)N(c1ccc(C)c(C)c1)c1nc(COC(=O)c2cnc(C)cn2)cs1. The Morgan fingerprint density at radius 1 is 1.11 bits per heavy atom. The highest BCUT2D eigenvalue weighted by atomic mass is 32.1. The minimum absolute atomic E-state index is 0.0104. The van der Waals surface area contributed by atoms with Crippen LogP contribution in [-0.2, 0) is 16.1 Å². The minimum Gasteiger partial charge on any atom is -0.454 e. The van der Waals surface area contributed by atoms with Gasteiger partial charge < -0.3 is 4.74 Å². The summed E-state index contributed by atoms with van der Waals surface area (Å²) in [7, 11) is 0. The smallest absolute Gasteiger partial charge is 0.358 e. The first-order valence-electron chi connectivity index (χ1n) is 8.63. The molecule has 0 N–H and O–H groups in total. The largest absolute Gasteiger partial charge is 0.454 e. The van der Waals surface area contributed by atoms with Crippen molar-refractivity contribution in [3.05, 3.63) is 64.2 Å². The van der Waals surface area contributed by atoms with Crippen molar-refractivity contribution in [3.8, 4) is 0 Å². The molecule has 28 heavy (non-hydrogen) atoms. The molecule has 0 fully saturated rings. The van der Waals surface area contributed by atoms with Gasteiger partial charge in [0, 0.05) is 18.5 Å². The summed E-state index contributed by atoms with van der Waals surface area (Å²) < 4.78 is 5.25. The number of anilines is 2. The fourth-order valence-electron chi connectivity index (χ4n) is 2.47. The molecule has 8 heteroatoms. The van der Waals surface area contributed by atoms with E-state index in [1.807, 2.05) is 32.0 Å². The number of nitrogens with zero attached hydrogens (tertiary/aromatic N) is 4. The molecule has 0 saturated heterocycles. The maximum absolute atomic E-state index is 12.2. The molecule has 0 aliphatic rings. The highest BCUT2D eigenvalue weighted by molar-refractivity contribution is 7.14. The molecule has 0 saturated carbocycles. The molecule has 1 aromatic carbocycles. The van der Waals surface area contributed by atoms with Gasteiger partial charge in [0.25, 0.3) is 0 Å². The molecule has 3 aromatic rings. The maximum Gasteiger partial charge on any atom is 0.358 e. The molecule has 7 nitrogen and oxygen atoms in total. The van der Waals surface area contributed by atoms with E-state index in [9.17, 15) is 9.59 Å². The summed E-state index contributed by atoms with van der Waals surface area (Å²) in [6.07, 6.45) is 2.88. The Morgan fingerprint density at radius 3 is 2.54 bits per heavy atom. The van der Waals surface area contributed by atoms with E-state index in [0.29, 0.717) is 10.8 Å². The van der Waals surface area contributed by atoms with Gasteiger partial charge >= 0.3 is 5.97 Å². The number of carbonyl (C=O) groups is 2. The Labute approximate surface area is 167 Å². The molecule has 1 amide bonds. The number of carbonyl (C=O) groups excluding carboxylic acids is 2. The van der Waals surface area contributed by atoms with Crippen LogP contribution in [0.2, 0.25) is 0 Å². The summed E-state index contributed by atoms with van der Waals surface area (Å²) in [6, 6.07) is 5.81. The highest BCUT2D eigenvalue weighted by Gasteiger charge is 2.19. The summed E-state index contributed by atoms with van der Waals surface area (Å²) >= 11 is 1.32. The second-order valence-corrected chi connectivity index (χ2v) is 7.20. The lowest BCUT2D eigenvalue weighted by molar-refractivity contribution is -0.115. The maximum atomic E-state index is 12.2. The second-order valence-electron chi connectivity index (χ2n) is 6.36. The number of esters is 1. The van der Waals surface area contributed by atoms with Gasteiger partial charge in [-0.1, -0.05) is 6.07 Å². The summed E-state index contributed by atoms with van der Waals surface area (Å²) in [5, 5.41) is 2.29. The molecular weight excluding hydrogens is 376 g/mol. The van der Waals surface area contributed by atoms with Gasteiger partial charge in [-0.3, -0.25) is 14.7 Å². The van der Waals surface area contributed by atoms with E-state index in [4.69, 9.17) is 4.74 Å². The molecule has 144 valence electrons. The van der Waals surface area contributed by atoms with Crippen molar-refractivity contribution in [2.24, 2.45) is 0 Å². The van der Waals surface area contributed by atoms with E-state index in [1.54, 1.807) is 17.2 Å². The summed E-state index contributed by atoms with van der Waals surface area (Å²) in [6.45, 7) is 7.29. The van der Waals surface area contributed by atoms with Crippen molar-refractivity contribution in [1.82, 2.24) is 15.0 Å². The van der Waals surface area contributed by atoms with Crippen LogP contribution in [0.25, 0.3) is 0 Å². The number of thiazole rings is 1. The normalized spacial score (nSPS) is 10.6. The molecule has 0 bridgehead atoms. The van der Waals surface area contributed by atoms with Crippen molar-refractivity contribution in [3.63, 3.8) is 0 Å². The topological polar surface area (TPSA) is 85.3 Å². The molecule has 2 heterocycles. The molecule has 0 atom stereocenters. The van der Waals surface area contributed by atoms with Crippen LogP contribution >= 0.6 is 11.3 Å². The lowest BCUT2D eigenvalue weighted by Gasteiger charge is -2.19. The van der Waals surface area contributed by atoms with Crippen molar-refractivity contribution >= 4 is 34.0 Å². The predicted molar refractivity (Wildman–Crippen MR) is 107 cm³/mol. The number of hydrogen-bond donors (Lipinski definition) is 0. The predicted octanol–water partition coefficient (Wildman–Crippen LogP) is 3.90. The van der Waals surface area contributed by atoms with Gasteiger partial charge in [0.15, 0.2) is 10.8 Å². The standard InChI is InChI=1S/C20H20N4O3S/c1-12-5-6-17(7-13(12)2)24(15(4)25)20-23-16(11-28-20)10-27-19(26)18-9-21-14(3)8-22-18/h5-9,11H,10H2,1-4H3. The van der Waals surface area contributed by atoms with Crippen LogP contribution in [0.15, 0.2) is 36.0 Å². The van der Waals surface area contributed by atoms with Crippen LogP contribution in [0.5, 0.6) is 0 Å². The van der Waals surface area contributed by atoms with Crippen LogP contribution in [0.4, 0.5) is 10.8 Å². The Balaban J connectivity index is 1.74. The van der Waals surface area contributed by atoms with Gasteiger partial charge in [0.05, 0.1) is 23.3 Å². The Hall–Kier alpha value is -3.13. The first kappa shape index (κ1) is 19.6. The molecule has 0 unspecified atom stereocenters. The first-order valence-corrected chi connectivity index (χ1v) is 9.51. The molecule has 0 spiro atoms. The van der Waals surface area contributed by atoms with Crippen molar-refractivity contribution in [1.29, 1.82) is 0 Å². The van der Waals surface area contributed by atoms with E-state index in [-0.39, 0.29) is 18.2 Å². The van der Waals surface area contributed by atoms with Gasteiger partial charge in [-0.15, -0.1) is 11.3 Å². The van der Waals surface area contributed by atoms with Gasteiger partial charge in [0.1, 0.15) is 6.61 Å². The van der Waals surface area contributed by atoms with Gasteiger partial charge in [0.2, 0.25) is 5.91 Å².